The number of fused-ring (bicyclic) bond motifs is 2. The first-order valence-electron chi connectivity index (χ1n) is 15.8. The number of ether oxygens (including phenoxy) is 5. The number of likely N-dealkylation sites (N-methyl/N-ethyl adjacent to an activating group) is 2. The fourth-order valence-electron chi connectivity index (χ4n) is 6.87. The zero-order chi connectivity index (χ0) is 32.4. The smallest absolute Gasteiger partial charge is 0.169 e. The summed E-state index contributed by atoms with van der Waals surface area (Å²) >= 11 is 0. The van der Waals surface area contributed by atoms with Gasteiger partial charge in [0.2, 0.25) is 0 Å². The van der Waals surface area contributed by atoms with E-state index >= 15 is 0 Å². The third kappa shape index (κ3) is 6.32. The molecule has 2 atom stereocenters. The molecule has 1 N–H and O–H groups in total. The molecule has 2 heterocycles. The highest BCUT2D eigenvalue weighted by Crippen LogP contribution is 2.41. The second-order valence-electron chi connectivity index (χ2n) is 12.3. The van der Waals surface area contributed by atoms with Crippen molar-refractivity contribution in [1.82, 2.24) is 9.80 Å². The highest BCUT2D eigenvalue weighted by Gasteiger charge is 2.29. The SMILES string of the molecule is COc1cc2c(cc1OC)C(Cc1ccc(O)c(Oc3ccc(C[C@@H]4c5cc(OC)c(OC)cc5CCN4C)cc3)c1)N(C)CC2. The minimum atomic E-state index is 0.112. The largest absolute Gasteiger partial charge is 0.504 e. The summed E-state index contributed by atoms with van der Waals surface area (Å²) in [5, 5.41) is 10.7. The van der Waals surface area contributed by atoms with Crippen molar-refractivity contribution in [1.29, 1.82) is 0 Å². The third-order valence-corrected chi connectivity index (χ3v) is 9.57. The second kappa shape index (κ2) is 13.5. The monoisotopic (exact) mass is 624 g/mol. The van der Waals surface area contributed by atoms with Crippen LogP contribution in [-0.2, 0) is 25.7 Å². The molecule has 4 aromatic carbocycles. The summed E-state index contributed by atoms with van der Waals surface area (Å²) in [5.41, 5.74) is 7.38. The van der Waals surface area contributed by atoms with Crippen molar-refractivity contribution < 1.29 is 28.8 Å². The molecule has 0 radical (unpaired) electrons. The molecule has 0 aromatic heterocycles. The number of rotatable bonds is 10. The fraction of sp³-hybridized carbons (Fsp3) is 0.368. The standard InChI is InChI=1S/C38H44N2O6/c1-39-15-13-26-20-35(42-3)37(44-5)22-29(26)31(39)17-24-7-10-28(11-8-24)46-34-19-25(9-12-33(34)41)18-32-30-23-38(45-6)36(43-4)21-27(30)14-16-40(32)2/h7-12,19-23,31-32,41H,13-18H2,1-6H3/t31-,32?/m1/s1. The van der Waals surface area contributed by atoms with Crippen LogP contribution in [0.15, 0.2) is 66.7 Å². The van der Waals surface area contributed by atoms with Crippen molar-refractivity contribution in [2.45, 2.75) is 37.8 Å². The Balaban J connectivity index is 1.18. The fourth-order valence-corrected chi connectivity index (χ4v) is 6.87. The van der Waals surface area contributed by atoms with Gasteiger partial charge in [-0.3, -0.25) is 9.80 Å². The molecule has 46 heavy (non-hydrogen) atoms. The van der Waals surface area contributed by atoms with Gasteiger partial charge in [0.1, 0.15) is 5.75 Å². The zero-order valence-electron chi connectivity index (χ0n) is 27.6. The van der Waals surface area contributed by atoms with Crippen LogP contribution >= 0.6 is 0 Å². The molecule has 0 fully saturated rings. The molecular weight excluding hydrogens is 580 g/mol. The normalized spacial score (nSPS) is 18.0. The molecule has 1 unspecified atom stereocenters. The number of nitrogens with zero attached hydrogens (tertiary/aromatic N) is 2. The number of hydrogen-bond acceptors (Lipinski definition) is 8. The van der Waals surface area contributed by atoms with Gasteiger partial charge in [-0.25, -0.2) is 0 Å². The number of benzene rings is 4. The Hall–Kier alpha value is -4.40. The van der Waals surface area contributed by atoms with Gasteiger partial charge < -0.3 is 28.8 Å². The lowest BCUT2D eigenvalue weighted by Crippen LogP contribution is -2.33. The van der Waals surface area contributed by atoms with Gasteiger partial charge in [-0.15, -0.1) is 0 Å². The van der Waals surface area contributed by atoms with Crippen LogP contribution in [0, 0.1) is 0 Å². The Morgan fingerprint density at radius 1 is 0.587 bits per heavy atom. The molecule has 0 saturated heterocycles. The van der Waals surface area contributed by atoms with E-state index < -0.39 is 0 Å². The summed E-state index contributed by atoms with van der Waals surface area (Å²) < 4.78 is 28.6. The summed E-state index contributed by atoms with van der Waals surface area (Å²) in [7, 11) is 11.0. The zero-order valence-corrected chi connectivity index (χ0v) is 27.6. The Morgan fingerprint density at radius 2 is 1.04 bits per heavy atom. The average molecular weight is 625 g/mol. The van der Waals surface area contributed by atoms with Crippen molar-refractivity contribution >= 4 is 0 Å². The van der Waals surface area contributed by atoms with E-state index in [9.17, 15) is 5.11 Å². The van der Waals surface area contributed by atoms with Gasteiger partial charge in [0, 0.05) is 25.2 Å². The van der Waals surface area contributed by atoms with Crippen LogP contribution in [-0.4, -0.2) is 70.5 Å². The molecule has 242 valence electrons. The van der Waals surface area contributed by atoms with Crippen LogP contribution in [0.1, 0.15) is 45.5 Å². The maximum atomic E-state index is 10.7. The quantitative estimate of drug-likeness (QED) is 0.208. The first-order valence-corrected chi connectivity index (χ1v) is 15.8. The molecule has 0 aliphatic carbocycles. The van der Waals surface area contributed by atoms with E-state index in [1.807, 2.05) is 24.3 Å². The predicted molar refractivity (Wildman–Crippen MR) is 179 cm³/mol. The number of phenolic OH excluding ortho intramolecular Hbond substituents is 1. The maximum Gasteiger partial charge on any atom is 0.169 e. The van der Waals surface area contributed by atoms with E-state index in [-0.39, 0.29) is 17.8 Å². The van der Waals surface area contributed by atoms with E-state index in [4.69, 9.17) is 23.7 Å². The van der Waals surface area contributed by atoms with E-state index in [0.29, 0.717) is 11.5 Å². The van der Waals surface area contributed by atoms with Crippen molar-refractivity contribution in [3.8, 4) is 40.2 Å². The summed E-state index contributed by atoms with van der Waals surface area (Å²) in [4.78, 5) is 4.77. The number of aromatic hydroxyl groups is 1. The molecule has 0 bridgehead atoms. The summed E-state index contributed by atoms with van der Waals surface area (Å²) in [6, 6.07) is 22.6. The first-order chi connectivity index (χ1) is 22.3. The van der Waals surface area contributed by atoms with Gasteiger partial charge in [-0.2, -0.15) is 0 Å². The second-order valence-corrected chi connectivity index (χ2v) is 12.3. The van der Waals surface area contributed by atoms with Crippen LogP contribution in [0.25, 0.3) is 0 Å². The Labute approximate surface area is 272 Å². The number of phenols is 1. The van der Waals surface area contributed by atoms with E-state index in [2.05, 4.69) is 60.3 Å². The van der Waals surface area contributed by atoms with Crippen LogP contribution in [0.4, 0.5) is 0 Å². The number of methoxy groups -OCH3 is 4. The van der Waals surface area contributed by atoms with E-state index in [1.54, 1.807) is 34.5 Å². The molecule has 4 aromatic rings. The van der Waals surface area contributed by atoms with Gasteiger partial charge in [-0.05, 0) is 122 Å². The van der Waals surface area contributed by atoms with Gasteiger partial charge in [0.25, 0.3) is 0 Å². The van der Waals surface area contributed by atoms with Crippen LogP contribution in [0.3, 0.4) is 0 Å². The molecule has 2 aliphatic heterocycles. The first kappa shape index (κ1) is 31.6. The van der Waals surface area contributed by atoms with Crippen LogP contribution in [0.5, 0.6) is 40.2 Å². The lowest BCUT2D eigenvalue weighted by atomic mass is 9.88. The Bertz CT molecular complexity index is 1690. The molecular formula is C38H44N2O6. The van der Waals surface area contributed by atoms with E-state index in [0.717, 1.165) is 67.3 Å². The molecule has 8 heteroatoms. The highest BCUT2D eigenvalue weighted by molar-refractivity contribution is 5.52. The topological polar surface area (TPSA) is 72.9 Å². The minimum Gasteiger partial charge on any atom is -0.504 e. The van der Waals surface area contributed by atoms with Crippen molar-refractivity contribution in [3.05, 3.63) is 100 Å². The molecule has 0 spiro atoms. The average Bonchev–Trinajstić information content (AvgIpc) is 3.08. The van der Waals surface area contributed by atoms with Crippen molar-refractivity contribution in [2.75, 3.05) is 55.6 Å². The lowest BCUT2D eigenvalue weighted by molar-refractivity contribution is 0.227. The molecule has 0 saturated carbocycles. The van der Waals surface area contributed by atoms with Gasteiger partial charge in [-0.1, -0.05) is 18.2 Å². The van der Waals surface area contributed by atoms with E-state index in [1.165, 1.54) is 27.8 Å². The third-order valence-electron chi connectivity index (χ3n) is 9.57. The van der Waals surface area contributed by atoms with Crippen LogP contribution < -0.4 is 23.7 Å². The molecule has 2 aliphatic rings. The minimum absolute atomic E-state index is 0.112. The number of hydrogen-bond donors (Lipinski definition) is 1. The van der Waals surface area contributed by atoms with Crippen molar-refractivity contribution in [3.63, 3.8) is 0 Å². The van der Waals surface area contributed by atoms with Crippen LogP contribution in [0.2, 0.25) is 0 Å². The summed E-state index contributed by atoms with van der Waals surface area (Å²) in [5.74, 6) is 4.25. The summed E-state index contributed by atoms with van der Waals surface area (Å²) in [6.07, 6.45) is 3.55. The molecule has 6 rings (SSSR count). The highest BCUT2D eigenvalue weighted by atomic mass is 16.5. The molecule has 8 nitrogen and oxygen atoms in total. The predicted octanol–water partition coefficient (Wildman–Crippen LogP) is 6.76. The Morgan fingerprint density at radius 3 is 1.54 bits per heavy atom. The Kier molecular flexibility index (Phi) is 9.29. The molecule has 0 amide bonds. The lowest BCUT2D eigenvalue weighted by Gasteiger charge is -2.35. The summed E-state index contributed by atoms with van der Waals surface area (Å²) in [6.45, 7) is 1.93. The van der Waals surface area contributed by atoms with Gasteiger partial charge >= 0.3 is 0 Å². The van der Waals surface area contributed by atoms with Gasteiger partial charge in [0.05, 0.1) is 28.4 Å². The van der Waals surface area contributed by atoms with Gasteiger partial charge in [0.15, 0.2) is 34.5 Å². The maximum absolute atomic E-state index is 10.7. The van der Waals surface area contributed by atoms with Crippen molar-refractivity contribution in [2.24, 2.45) is 0 Å².